The highest BCUT2D eigenvalue weighted by atomic mass is 16.4. The van der Waals surface area contributed by atoms with Gasteiger partial charge in [0.2, 0.25) is 0 Å². The van der Waals surface area contributed by atoms with Gasteiger partial charge in [0.25, 0.3) is 0 Å². The highest BCUT2D eigenvalue weighted by Gasteiger charge is 2.18. The molecule has 1 aliphatic heterocycles. The average Bonchev–Trinajstić information content (AvgIpc) is 2.60. The number of carboxylic acids is 2. The maximum atomic E-state index is 9.10. The van der Waals surface area contributed by atoms with Crippen LogP contribution < -0.4 is 5.32 Å². The molecule has 1 unspecified atom stereocenters. The first-order valence-corrected chi connectivity index (χ1v) is 6.72. The first-order chi connectivity index (χ1) is 8.52. The van der Waals surface area contributed by atoms with E-state index in [9.17, 15) is 0 Å². The molecule has 0 spiro atoms. The van der Waals surface area contributed by atoms with Gasteiger partial charge in [0.15, 0.2) is 0 Å². The predicted molar refractivity (Wildman–Crippen MR) is 69.6 cm³/mol. The molecule has 1 heterocycles. The van der Waals surface area contributed by atoms with E-state index in [1.165, 1.54) is 45.1 Å². The van der Waals surface area contributed by atoms with Crippen LogP contribution in [0.15, 0.2) is 0 Å². The molecule has 5 heteroatoms. The number of hydrogen-bond donors (Lipinski definition) is 3. The van der Waals surface area contributed by atoms with Crippen molar-refractivity contribution < 1.29 is 19.8 Å². The molecule has 0 aromatic rings. The summed E-state index contributed by atoms with van der Waals surface area (Å²) >= 11 is 0. The molecule has 0 saturated carbocycles. The molecule has 106 valence electrons. The zero-order valence-corrected chi connectivity index (χ0v) is 11.3. The van der Waals surface area contributed by atoms with E-state index in [0.29, 0.717) is 0 Å². The van der Waals surface area contributed by atoms with Crippen molar-refractivity contribution in [3.63, 3.8) is 0 Å². The highest BCUT2D eigenvalue weighted by Crippen LogP contribution is 2.20. The third-order valence-electron chi connectivity index (χ3n) is 3.40. The molecule has 1 saturated heterocycles. The molecular weight excluding hydrogens is 234 g/mol. The fraction of sp³-hybridized carbons (Fsp3) is 0.846. The largest absolute Gasteiger partial charge is 0.473 e. The Bertz CT molecular complexity index is 231. The molecule has 0 aromatic carbocycles. The molecular formula is C13H25NO4. The second kappa shape index (κ2) is 9.88. The van der Waals surface area contributed by atoms with E-state index in [-0.39, 0.29) is 0 Å². The normalized spacial score (nSPS) is 19.6. The smallest absolute Gasteiger partial charge is 0.414 e. The number of rotatable bonds is 3. The Hall–Kier alpha value is -1.10. The van der Waals surface area contributed by atoms with Crippen LogP contribution in [-0.2, 0) is 9.59 Å². The molecule has 1 fully saturated rings. The molecule has 1 atom stereocenters. The lowest BCUT2D eigenvalue weighted by Gasteiger charge is -2.24. The lowest BCUT2D eigenvalue weighted by atomic mass is 9.91. The van der Waals surface area contributed by atoms with Crippen LogP contribution in [-0.4, -0.2) is 34.7 Å². The van der Waals surface area contributed by atoms with Crippen molar-refractivity contribution in [2.24, 2.45) is 5.92 Å². The zero-order valence-electron chi connectivity index (χ0n) is 11.3. The van der Waals surface area contributed by atoms with Gasteiger partial charge in [0.05, 0.1) is 0 Å². The van der Waals surface area contributed by atoms with Gasteiger partial charge < -0.3 is 15.5 Å². The minimum absolute atomic E-state index is 0.822. The monoisotopic (exact) mass is 259 g/mol. The van der Waals surface area contributed by atoms with Crippen molar-refractivity contribution >= 4 is 11.9 Å². The summed E-state index contributed by atoms with van der Waals surface area (Å²) in [5.74, 6) is -2.73. The fourth-order valence-corrected chi connectivity index (χ4v) is 2.32. The van der Waals surface area contributed by atoms with Crippen LogP contribution in [0.4, 0.5) is 0 Å². The van der Waals surface area contributed by atoms with Gasteiger partial charge in [0.1, 0.15) is 0 Å². The number of carbonyl (C=O) groups is 2. The van der Waals surface area contributed by atoms with E-state index in [4.69, 9.17) is 19.8 Å². The summed E-state index contributed by atoms with van der Waals surface area (Å²) in [6, 6.07) is 0.822. The van der Waals surface area contributed by atoms with Crippen molar-refractivity contribution in [2.75, 3.05) is 6.54 Å². The topological polar surface area (TPSA) is 86.6 Å². The number of aliphatic carboxylic acids is 2. The van der Waals surface area contributed by atoms with Crippen molar-refractivity contribution in [2.45, 2.75) is 58.4 Å². The summed E-state index contributed by atoms with van der Waals surface area (Å²) in [5, 5.41) is 18.5. The minimum atomic E-state index is -1.82. The van der Waals surface area contributed by atoms with Gasteiger partial charge in [-0.25, -0.2) is 9.59 Å². The van der Waals surface area contributed by atoms with Gasteiger partial charge >= 0.3 is 11.9 Å². The number of nitrogens with one attached hydrogen (secondary N) is 1. The van der Waals surface area contributed by atoms with Crippen LogP contribution in [0.25, 0.3) is 0 Å². The van der Waals surface area contributed by atoms with Crippen molar-refractivity contribution in [1.29, 1.82) is 0 Å². The Morgan fingerprint density at radius 2 is 1.67 bits per heavy atom. The van der Waals surface area contributed by atoms with Crippen molar-refractivity contribution in [1.82, 2.24) is 5.32 Å². The molecule has 0 aliphatic carbocycles. The summed E-state index contributed by atoms with van der Waals surface area (Å²) in [6.07, 6.45) is 8.35. The Balaban J connectivity index is 0.000000411. The lowest BCUT2D eigenvalue weighted by Crippen LogP contribution is -2.34. The van der Waals surface area contributed by atoms with Crippen LogP contribution in [0.1, 0.15) is 52.4 Å². The maximum Gasteiger partial charge on any atom is 0.414 e. The molecule has 18 heavy (non-hydrogen) atoms. The molecule has 1 aliphatic rings. The first-order valence-electron chi connectivity index (χ1n) is 6.72. The number of hydrogen-bond acceptors (Lipinski definition) is 3. The van der Waals surface area contributed by atoms with Crippen molar-refractivity contribution in [3.8, 4) is 0 Å². The van der Waals surface area contributed by atoms with Crippen LogP contribution >= 0.6 is 0 Å². The van der Waals surface area contributed by atoms with Crippen LogP contribution in [0.5, 0.6) is 0 Å². The Labute approximate surface area is 109 Å². The van der Waals surface area contributed by atoms with Gasteiger partial charge in [0, 0.05) is 6.04 Å². The Kier molecular flexibility index (Phi) is 9.28. The summed E-state index contributed by atoms with van der Waals surface area (Å²) in [6.45, 7) is 5.89. The van der Waals surface area contributed by atoms with Gasteiger partial charge in [-0.2, -0.15) is 0 Å². The van der Waals surface area contributed by atoms with Crippen LogP contribution in [0.3, 0.4) is 0 Å². The molecule has 0 bridgehead atoms. The average molecular weight is 259 g/mol. The fourth-order valence-electron chi connectivity index (χ4n) is 2.32. The van der Waals surface area contributed by atoms with Gasteiger partial charge in [-0.3, -0.25) is 0 Å². The van der Waals surface area contributed by atoms with Gasteiger partial charge in [-0.05, 0) is 25.3 Å². The van der Waals surface area contributed by atoms with E-state index in [1.807, 2.05) is 0 Å². The zero-order chi connectivity index (χ0) is 14.0. The second-order valence-corrected chi connectivity index (χ2v) is 4.60. The molecule has 0 radical (unpaired) electrons. The van der Waals surface area contributed by atoms with E-state index in [1.54, 1.807) is 0 Å². The van der Waals surface area contributed by atoms with Crippen LogP contribution in [0.2, 0.25) is 0 Å². The summed E-state index contributed by atoms with van der Waals surface area (Å²) < 4.78 is 0. The first kappa shape index (κ1) is 16.9. The molecule has 0 aromatic heterocycles. The molecule has 5 nitrogen and oxygen atoms in total. The lowest BCUT2D eigenvalue weighted by molar-refractivity contribution is -0.159. The quantitative estimate of drug-likeness (QED) is 0.676. The Morgan fingerprint density at radius 3 is 2.11 bits per heavy atom. The summed E-state index contributed by atoms with van der Waals surface area (Å²) in [5.41, 5.74) is 0. The van der Waals surface area contributed by atoms with E-state index >= 15 is 0 Å². The van der Waals surface area contributed by atoms with Gasteiger partial charge in [-0.15, -0.1) is 0 Å². The SMILES string of the molecule is CCC(CC)C1CCCCCN1.O=C(O)C(=O)O. The third-order valence-corrected chi connectivity index (χ3v) is 3.40. The van der Waals surface area contributed by atoms with E-state index in [0.717, 1.165) is 12.0 Å². The summed E-state index contributed by atoms with van der Waals surface area (Å²) in [7, 11) is 0. The standard InChI is InChI=1S/C11H23N.C2H2O4/c1-3-10(4-2)11-8-6-5-7-9-12-11;3-1(4)2(5)6/h10-12H,3-9H2,1-2H3;(H,3,4)(H,5,6). The predicted octanol–water partition coefficient (Wildman–Crippen LogP) is 2.11. The van der Waals surface area contributed by atoms with Gasteiger partial charge in [-0.1, -0.05) is 39.5 Å². The van der Waals surface area contributed by atoms with E-state index < -0.39 is 11.9 Å². The minimum Gasteiger partial charge on any atom is -0.473 e. The van der Waals surface area contributed by atoms with Crippen LogP contribution in [0, 0.1) is 5.92 Å². The summed E-state index contributed by atoms with van der Waals surface area (Å²) in [4.78, 5) is 18.2. The third kappa shape index (κ3) is 7.27. The number of carboxylic acid groups (broad SMARTS) is 2. The highest BCUT2D eigenvalue weighted by molar-refractivity contribution is 6.27. The molecule has 3 N–H and O–H groups in total. The second-order valence-electron chi connectivity index (χ2n) is 4.60. The Morgan fingerprint density at radius 1 is 1.11 bits per heavy atom. The van der Waals surface area contributed by atoms with E-state index in [2.05, 4.69) is 19.2 Å². The molecule has 1 rings (SSSR count). The van der Waals surface area contributed by atoms with Crippen molar-refractivity contribution in [3.05, 3.63) is 0 Å². The molecule has 0 amide bonds. The maximum absolute atomic E-state index is 9.10.